The smallest absolute Gasteiger partial charge is 0.252 e. The van der Waals surface area contributed by atoms with Gasteiger partial charge in [0.25, 0.3) is 5.91 Å². The van der Waals surface area contributed by atoms with E-state index in [9.17, 15) is 17.6 Å². The number of carbonyl (C=O) groups excluding carboxylic acids is 1. The minimum absolute atomic E-state index is 0.0328. The summed E-state index contributed by atoms with van der Waals surface area (Å²) in [7, 11) is -3.92. The Morgan fingerprint density at radius 1 is 1.19 bits per heavy atom. The summed E-state index contributed by atoms with van der Waals surface area (Å²) < 4.78 is 40.2. The fourth-order valence-electron chi connectivity index (χ4n) is 2.80. The van der Waals surface area contributed by atoms with Crippen LogP contribution in [0.1, 0.15) is 10.4 Å². The molecule has 1 fully saturated rings. The maximum Gasteiger partial charge on any atom is 0.252 e. The summed E-state index contributed by atoms with van der Waals surface area (Å²) in [6, 6.07) is 6.41. The van der Waals surface area contributed by atoms with E-state index in [2.05, 4.69) is 4.98 Å². The molecule has 1 aliphatic heterocycles. The number of carbonyl (C=O) groups is 1. The topological polar surface area (TPSA) is 96.6 Å². The normalized spacial score (nSPS) is 15.8. The fourth-order valence-corrected chi connectivity index (χ4v) is 4.70. The molecule has 26 heavy (non-hydrogen) atoms. The minimum atomic E-state index is -3.92. The summed E-state index contributed by atoms with van der Waals surface area (Å²) in [5.74, 6) is -0.860. The third-order valence-electron chi connectivity index (χ3n) is 4.10. The van der Waals surface area contributed by atoms with Crippen LogP contribution in [0.5, 0.6) is 0 Å². The van der Waals surface area contributed by atoms with Gasteiger partial charge >= 0.3 is 0 Å². The van der Waals surface area contributed by atoms with E-state index in [0.29, 0.717) is 18.9 Å². The Bertz CT molecular complexity index is 946. The second-order valence-electron chi connectivity index (χ2n) is 5.70. The highest BCUT2D eigenvalue weighted by atomic mass is 35.5. The molecule has 1 saturated heterocycles. The third-order valence-corrected chi connectivity index (χ3v) is 6.48. The van der Waals surface area contributed by atoms with Crippen LogP contribution in [0.15, 0.2) is 41.4 Å². The van der Waals surface area contributed by atoms with Gasteiger partial charge < -0.3 is 10.6 Å². The van der Waals surface area contributed by atoms with E-state index in [-0.39, 0.29) is 28.6 Å². The molecular weight excluding hydrogens is 383 g/mol. The number of rotatable bonds is 4. The van der Waals surface area contributed by atoms with E-state index in [1.165, 1.54) is 16.6 Å². The molecule has 0 bridgehead atoms. The average Bonchev–Trinajstić information content (AvgIpc) is 2.63. The number of nitrogens with zero attached hydrogens (tertiary/aromatic N) is 3. The number of primary amides is 1. The molecule has 2 aromatic rings. The van der Waals surface area contributed by atoms with Crippen LogP contribution in [0.2, 0.25) is 5.02 Å². The van der Waals surface area contributed by atoms with E-state index < -0.39 is 21.7 Å². The molecule has 1 amide bonds. The first-order valence-electron chi connectivity index (χ1n) is 7.75. The highest BCUT2D eigenvalue weighted by Gasteiger charge is 2.31. The summed E-state index contributed by atoms with van der Waals surface area (Å²) in [6.07, 6.45) is 1.54. The number of anilines is 1. The van der Waals surface area contributed by atoms with Crippen molar-refractivity contribution in [1.82, 2.24) is 9.29 Å². The Kier molecular flexibility index (Phi) is 5.12. The predicted octanol–water partition coefficient (Wildman–Crippen LogP) is 1.48. The highest BCUT2D eigenvalue weighted by molar-refractivity contribution is 7.89. The molecule has 138 valence electrons. The molecule has 1 aliphatic rings. The lowest BCUT2D eigenvalue weighted by atomic mass is 10.2. The number of nitrogens with two attached hydrogens (primary N) is 1. The van der Waals surface area contributed by atoms with Gasteiger partial charge in [-0.2, -0.15) is 4.31 Å². The molecule has 0 atom stereocenters. The maximum absolute atomic E-state index is 13.4. The predicted molar refractivity (Wildman–Crippen MR) is 95.1 cm³/mol. The summed E-state index contributed by atoms with van der Waals surface area (Å²) in [5, 5.41) is -0.0328. The number of piperazine rings is 1. The number of aromatic nitrogens is 1. The minimum Gasteiger partial charge on any atom is -0.365 e. The van der Waals surface area contributed by atoms with Crippen molar-refractivity contribution >= 4 is 33.3 Å². The zero-order chi connectivity index (χ0) is 18.9. The molecule has 0 unspecified atom stereocenters. The standard InChI is InChI=1S/C16H16ClFN4O3S/c17-13-4-3-11(18)10-14(13)26(24,25)22-8-6-21(7-9-22)16-12(15(19)23)2-1-5-20-16/h1-5,10H,6-9H2,(H2,19,23). The van der Waals surface area contributed by atoms with Crippen molar-refractivity contribution in [3.8, 4) is 0 Å². The lowest BCUT2D eigenvalue weighted by molar-refractivity contribution is 0.1000. The molecule has 7 nitrogen and oxygen atoms in total. The second-order valence-corrected chi connectivity index (χ2v) is 8.02. The van der Waals surface area contributed by atoms with Gasteiger partial charge in [0.1, 0.15) is 16.5 Å². The van der Waals surface area contributed by atoms with Crippen molar-refractivity contribution in [3.05, 3.63) is 52.9 Å². The molecule has 0 radical (unpaired) electrons. The van der Waals surface area contributed by atoms with Crippen molar-refractivity contribution in [3.63, 3.8) is 0 Å². The number of benzene rings is 1. The van der Waals surface area contributed by atoms with Crippen molar-refractivity contribution in [2.24, 2.45) is 5.73 Å². The van der Waals surface area contributed by atoms with Crippen LogP contribution in [0.4, 0.5) is 10.2 Å². The van der Waals surface area contributed by atoms with Crippen LogP contribution in [0.3, 0.4) is 0 Å². The lowest BCUT2D eigenvalue weighted by Crippen LogP contribution is -2.49. The molecule has 0 spiro atoms. The van der Waals surface area contributed by atoms with Crippen molar-refractivity contribution < 1.29 is 17.6 Å². The quantitative estimate of drug-likeness (QED) is 0.841. The zero-order valence-electron chi connectivity index (χ0n) is 13.6. The lowest BCUT2D eigenvalue weighted by Gasteiger charge is -2.35. The van der Waals surface area contributed by atoms with Crippen LogP contribution in [0, 0.1) is 5.82 Å². The number of halogens is 2. The van der Waals surface area contributed by atoms with E-state index in [1.807, 2.05) is 0 Å². The molecule has 1 aromatic carbocycles. The Hall–Kier alpha value is -2.23. The summed E-state index contributed by atoms with van der Waals surface area (Å²) in [5.41, 5.74) is 5.64. The van der Waals surface area contributed by atoms with E-state index in [1.54, 1.807) is 17.0 Å². The summed E-state index contributed by atoms with van der Waals surface area (Å²) >= 11 is 5.94. The van der Waals surface area contributed by atoms with E-state index >= 15 is 0 Å². The largest absolute Gasteiger partial charge is 0.365 e. The van der Waals surface area contributed by atoms with Crippen LogP contribution < -0.4 is 10.6 Å². The molecule has 0 aliphatic carbocycles. The monoisotopic (exact) mass is 398 g/mol. The Labute approximate surface area is 155 Å². The summed E-state index contributed by atoms with van der Waals surface area (Å²) in [4.78, 5) is 17.3. The molecule has 2 heterocycles. The average molecular weight is 399 g/mol. The van der Waals surface area contributed by atoms with Gasteiger partial charge in [-0.1, -0.05) is 11.6 Å². The van der Waals surface area contributed by atoms with Gasteiger partial charge in [-0.25, -0.2) is 17.8 Å². The number of amides is 1. The van der Waals surface area contributed by atoms with Crippen molar-refractivity contribution in [1.29, 1.82) is 0 Å². The Balaban J connectivity index is 1.81. The SMILES string of the molecule is NC(=O)c1cccnc1N1CCN(S(=O)(=O)c2cc(F)ccc2Cl)CC1. The fraction of sp³-hybridized carbons (Fsp3) is 0.250. The van der Waals surface area contributed by atoms with Crippen molar-refractivity contribution in [2.75, 3.05) is 31.1 Å². The first-order chi connectivity index (χ1) is 12.3. The molecule has 0 saturated carbocycles. The number of pyridine rings is 1. The number of sulfonamides is 1. The van der Waals surface area contributed by atoms with Gasteiger partial charge in [-0.3, -0.25) is 4.79 Å². The Morgan fingerprint density at radius 3 is 2.54 bits per heavy atom. The first kappa shape index (κ1) is 18.6. The first-order valence-corrected chi connectivity index (χ1v) is 9.57. The molecular formula is C16H16ClFN4O3S. The van der Waals surface area contributed by atoms with Crippen LogP contribution in [-0.2, 0) is 10.0 Å². The van der Waals surface area contributed by atoms with Crippen LogP contribution >= 0.6 is 11.6 Å². The Morgan fingerprint density at radius 2 is 1.88 bits per heavy atom. The van der Waals surface area contributed by atoms with Gasteiger partial charge in [0.15, 0.2) is 0 Å². The maximum atomic E-state index is 13.4. The summed E-state index contributed by atoms with van der Waals surface area (Å²) in [6.45, 7) is 0.904. The number of hydrogen-bond acceptors (Lipinski definition) is 5. The van der Waals surface area contributed by atoms with Crippen LogP contribution in [0.25, 0.3) is 0 Å². The molecule has 3 rings (SSSR count). The van der Waals surface area contributed by atoms with Crippen LogP contribution in [-0.4, -0.2) is 49.8 Å². The highest BCUT2D eigenvalue weighted by Crippen LogP contribution is 2.27. The van der Waals surface area contributed by atoms with Gasteiger partial charge in [0.05, 0.1) is 10.6 Å². The van der Waals surface area contributed by atoms with Gasteiger partial charge in [0, 0.05) is 32.4 Å². The van der Waals surface area contributed by atoms with Gasteiger partial charge in [-0.15, -0.1) is 0 Å². The molecule has 2 N–H and O–H groups in total. The van der Waals surface area contributed by atoms with Gasteiger partial charge in [0.2, 0.25) is 10.0 Å². The van der Waals surface area contributed by atoms with Crippen molar-refractivity contribution in [2.45, 2.75) is 4.90 Å². The number of hydrogen-bond donors (Lipinski definition) is 1. The van der Waals surface area contributed by atoms with Gasteiger partial charge in [-0.05, 0) is 30.3 Å². The second kappa shape index (κ2) is 7.18. The third kappa shape index (κ3) is 3.50. The molecule has 1 aromatic heterocycles. The molecule has 10 heteroatoms. The van der Waals surface area contributed by atoms with E-state index in [0.717, 1.165) is 12.1 Å². The zero-order valence-corrected chi connectivity index (χ0v) is 15.2. The van der Waals surface area contributed by atoms with E-state index in [4.69, 9.17) is 17.3 Å².